The Morgan fingerprint density at radius 3 is 2.78 bits per heavy atom. The van der Waals surface area contributed by atoms with Gasteiger partial charge in [-0.2, -0.15) is 4.98 Å². The van der Waals surface area contributed by atoms with Crippen LogP contribution in [0.3, 0.4) is 0 Å². The molecule has 18 heavy (non-hydrogen) atoms. The summed E-state index contributed by atoms with van der Waals surface area (Å²) in [6, 6.07) is 1.39. The molecule has 4 N–H and O–H groups in total. The van der Waals surface area contributed by atoms with Crippen LogP contribution in [0.4, 0.5) is 5.82 Å². The SMILES string of the molecule is C[C@H](O)[C@@H](OC(O)COP)n1ccc(N)nc1=O. The molecule has 8 nitrogen and oxygen atoms in total. The van der Waals surface area contributed by atoms with E-state index < -0.39 is 24.3 Å². The van der Waals surface area contributed by atoms with Gasteiger partial charge in [0.25, 0.3) is 0 Å². The van der Waals surface area contributed by atoms with Crippen molar-refractivity contribution in [2.24, 2.45) is 0 Å². The van der Waals surface area contributed by atoms with Crippen molar-refractivity contribution < 1.29 is 19.5 Å². The average molecular weight is 277 g/mol. The van der Waals surface area contributed by atoms with Crippen LogP contribution in [0.5, 0.6) is 0 Å². The second kappa shape index (κ2) is 6.77. The normalized spacial score (nSPS) is 16.2. The number of hydrogen-bond donors (Lipinski definition) is 3. The molecule has 0 aliphatic rings. The van der Waals surface area contributed by atoms with Crippen molar-refractivity contribution >= 4 is 15.3 Å². The van der Waals surface area contributed by atoms with Crippen molar-refractivity contribution in [1.82, 2.24) is 9.55 Å². The largest absolute Gasteiger partial charge is 0.389 e. The molecule has 0 aliphatic heterocycles. The number of ether oxygens (including phenoxy) is 1. The summed E-state index contributed by atoms with van der Waals surface area (Å²) in [6.07, 6.45) is -2.07. The molecule has 2 unspecified atom stereocenters. The smallest absolute Gasteiger partial charge is 0.351 e. The maximum atomic E-state index is 11.6. The molecule has 0 aromatic carbocycles. The monoisotopic (exact) mass is 277 g/mol. The van der Waals surface area contributed by atoms with E-state index >= 15 is 0 Å². The third kappa shape index (κ3) is 4.01. The molecule has 0 spiro atoms. The first-order valence-corrected chi connectivity index (χ1v) is 5.60. The molecule has 1 heterocycles. The van der Waals surface area contributed by atoms with Gasteiger partial charge in [0.15, 0.2) is 12.5 Å². The second-order valence-electron chi connectivity index (χ2n) is 3.60. The van der Waals surface area contributed by atoms with Crippen molar-refractivity contribution in [2.75, 3.05) is 12.3 Å². The van der Waals surface area contributed by atoms with E-state index in [4.69, 9.17) is 10.5 Å². The highest BCUT2D eigenvalue weighted by Crippen LogP contribution is 2.14. The minimum Gasteiger partial charge on any atom is -0.389 e. The van der Waals surface area contributed by atoms with Crippen LogP contribution < -0.4 is 11.4 Å². The zero-order valence-electron chi connectivity index (χ0n) is 9.76. The van der Waals surface area contributed by atoms with Crippen molar-refractivity contribution in [3.05, 3.63) is 22.7 Å². The van der Waals surface area contributed by atoms with Crippen LogP contribution in [-0.4, -0.2) is 38.8 Å². The van der Waals surface area contributed by atoms with E-state index in [1.165, 1.54) is 19.2 Å². The van der Waals surface area contributed by atoms with Crippen molar-refractivity contribution in [2.45, 2.75) is 25.5 Å². The Bertz CT molecular complexity index is 438. The molecular weight excluding hydrogens is 261 g/mol. The van der Waals surface area contributed by atoms with Crippen LogP contribution in [0.1, 0.15) is 13.2 Å². The van der Waals surface area contributed by atoms with Gasteiger partial charge in [0.2, 0.25) is 0 Å². The lowest BCUT2D eigenvalue weighted by molar-refractivity contribution is -0.200. The van der Waals surface area contributed by atoms with E-state index in [0.29, 0.717) is 0 Å². The van der Waals surface area contributed by atoms with Crippen molar-refractivity contribution in [3.63, 3.8) is 0 Å². The minimum atomic E-state index is -1.29. The molecule has 0 amide bonds. The predicted molar refractivity (Wildman–Crippen MR) is 66.4 cm³/mol. The van der Waals surface area contributed by atoms with Crippen molar-refractivity contribution in [1.29, 1.82) is 0 Å². The topological polar surface area (TPSA) is 120 Å². The average Bonchev–Trinajstić information content (AvgIpc) is 2.27. The fourth-order valence-corrected chi connectivity index (χ4v) is 1.48. The molecule has 0 saturated heterocycles. The summed E-state index contributed by atoms with van der Waals surface area (Å²) < 4.78 is 10.7. The Kier molecular flexibility index (Phi) is 5.64. The van der Waals surface area contributed by atoms with Crippen LogP contribution in [0.15, 0.2) is 17.1 Å². The van der Waals surface area contributed by atoms with Crippen LogP contribution in [0, 0.1) is 0 Å². The molecule has 0 saturated carbocycles. The number of nitrogen functional groups attached to an aromatic ring is 1. The molecular formula is C9H16N3O5P. The van der Waals surface area contributed by atoms with E-state index in [1.54, 1.807) is 0 Å². The maximum Gasteiger partial charge on any atom is 0.351 e. The molecule has 4 atom stereocenters. The zero-order chi connectivity index (χ0) is 13.7. The molecule has 0 bridgehead atoms. The lowest BCUT2D eigenvalue weighted by Gasteiger charge is -2.24. The van der Waals surface area contributed by atoms with Gasteiger partial charge in [-0.05, 0) is 13.0 Å². The maximum absolute atomic E-state index is 11.6. The Morgan fingerprint density at radius 1 is 1.61 bits per heavy atom. The number of anilines is 1. The first-order valence-electron chi connectivity index (χ1n) is 5.13. The Morgan fingerprint density at radius 2 is 2.28 bits per heavy atom. The summed E-state index contributed by atoms with van der Waals surface area (Å²) in [7, 11) is 1.95. The quantitative estimate of drug-likeness (QED) is 0.443. The number of aliphatic hydroxyl groups is 2. The number of nitrogens with zero attached hydrogens (tertiary/aromatic N) is 2. The van der Waals surface area contributed by atoms with Gasteiger partial charge in [-0.1, -0.05) is 0 Å². The molecule has 102 valence electrons. The molecule has 1 rings (SSSR count). The van der Waals surface area contributed by atoms with Gasteiger partial charge < -0.3 is 25.2 Å². The Balaban J connectivity index is 2.94. The van der Waals surface area contributed by atoms with Crippen LogP contribution in [0.2, 0.25) is 0 Å². The number of nitrogens with two attached hydrogens (primary N) is 1. The second-order valence-corrected chi connectivity index (χ2v) is 3.93. The first kappa shape index (κ1) is 15.0. The summed E-state index contributed by atoms with van der Waals surface area (Å²) in [5.74, 6) is 0.0643. The number of rotatable bonds is 6. The lowest BCUT2D eigenvalue weighted by atomic mass is 10.3. The highest BCUT2D eigenvalue weighted by Gasteiger charge is 2.22. The van der Waals surface area contributed by atoms with E-state index in [-0.39, 0.29) is 12.4 Å². The Labute approximate surface area is 106 Å². The van der Waals surface area contributed by atoms with Gasteiger partial charge in [0, 0.05) is 15.7 Å². The molecule has 1 aromatic heterocycles. The van der Waals surface area contributed by atoms with Crippen molar-refractivity contribution in [3.8, 4) is 0 Å². The van der Waals surface area contributed by atoms with Crippen LogP contribution >= 0.6 is 9.47 Å². The summed E-state index contributed by atoms with van der Waals surface area (Å²) in [4.78, 5) is 15.1. The van der Waals surface area contributed by atoms with Crippen LogP contribution in [-0.2, 0) is 9.26 Å². The molecule has 1 aromatic rings. The highest BCUT2D eigenvalue weighted by molar-refractivity contribution is 7.09. The lowest BCUT2D eigenvalue weighted by Crippen LogP contribution is -2.37. The third-order valence-electron chi connectivity index (χ3n) is 2.07. The molecule has 0 radical (unpaired) electrons. The number of hydrogen-bond acceptors (Lipinski definition) is 7. The first-order chi connectivity index (χ1) is 8.45. The van der Waals surface area contributed by atoms with Gasteiger partial charge in [0.05, 0.1) is 6.10 Å². The molecule has 0 fully saturated rings. The van der Waals surface area contributed by atoms with Crippen LogP contribution in [0.25, 0.3) is 0 Å². The van der Waals surface area contributed by atoms with Gasteiger partial charge in [-0.15, -0.1) is 0 Å². The van der Waals surface area contributed by atoms with Gasteiger partial charge >= 0.3 is 5.69 Å². The van der Waals surface area contributed by atoms with Gasteiger partial charge in [0.1, 0.15) is 12.4 Å². The van der Waals surface area contributed by atoms with E-state index in [2.05, 4.69) is 9.51 Å². The minimum absolute atomic E-state index is 0.0643. The predicted octanol–water partition coefficient (Wildman–Crippen LogP) is -1.15. The van der Waals surface area contributed by atoms with E-state index in [1.807, 2.05) is 9.47 Å². The fourth-order valence-electron chi connectivity index (χ4n) is 1.31. The third-order valence-corrected chi connectivity index (χ3v) is 2.27. The number of aromatic nitrogens is 2. The number of aliphatic hydroxyl groups excluding tert-OH is 2. The fraction of sp³-hybridized carbons (Fsp3) is 0.556. The summed E-state index contributed by atoms with van der Waals surface area (Å²) in [5, 5.41) is 19.0. The summed E-state index contributed by atoms with van der Waals surface area (Å²) in [6.45, 7) is 1.30. The Hall–Kier alpha value is -1.05. The summed E-state index contributed by atoms with van der Waals surface area (Å²) >= 11 is 0. The van der Waals surface area contributed by atoms with Gasteiger partial charge in [-0.3, -0.25) is 4.57 Å². The van der Waals surface area contributed by atoms with E-state index in [0.717, 1.165) is 4.57 Å². The standard InChI is InChI=1S/C9H16N3O5P/c1-5(13)8(17-7(14)4-16-18)12-3-2-6(10)11-9(12)15/h2-3,5,7-8,13-14H,4,18H2,1H3,(H2,10,11,15)/t5-,7?,8+/m0/s1. The zero-order valence-corrected chi connectivity index (χ0v) is 10.9. The summed E-state index contributed by atoms with van der Waals surface area (Å²) in [5.41, 5.74) is 4.67. The highest BCUT2D eigenvalue weighted by atomic mass is 31.0. The molecule has 0 aliphatic carbocycles. The molecule has 9 heteroatoms. The van der Waals surface area contributed by atoms with Gasteiger partial charge in [-0.25, -0.2) is 4.79 Å². The van der Waals surface area contributed by atoms with E-state index in [9.17, 15) is 15.0 Å².